The van der Waals surface area contributed by atoms with Crippen LogP contribution >= 0.6 is 0 Å². The Balaban J connectivity index is 0.00000120. The van der Waals surface area contributed by atoms with Crippen LogP contribution in [0.2, 0.25) is 0 Å². The van der Waals surface area contributed by atoms with E-state index in [4.69, 9.17) is 0 Å². The molecule has 6 aliphatic carbocycles. The van der Waals surface area contributed by atoms with Gasteiger partial charge in [0.2, 0.25) is 0 Å². The Morgan fingerprint density at radius 3 is 1.79 bits per heavy atom. The van der Waals surface area contributed by atoms with E-state index in [1.807, 2.05) is 3.28 Å². The van der Waals surface area contributed by atoms with E-state index < -0.39 is 21.3 Å². The molecule has 6 aliphatic rings. The number of rotatable bonds is 3. The molecule has 8 rings (SSSR count). The molecule has 0 heterocycles. The first-order chi connectivity index (χ1) is 15.7. The number of fused-ring (bicyclic) bond motifs is 3. The molecular weight excluding hydrogens is 534 g/mol. The molecule has 0 atom stereocenters. The second kappa shape index (κ2) is 9.61. The molecule has 4 bridgehead atoms. The van der Waals surface area contributed by atoms with Gasteiger partial charge in [-0.15, -0.1) is 0 Å². The van der Waals surface area contributed by atoms with Crippen LogP contribution < -0.4 is 24.8 Å². The van der Waals surface area contributed by atoms with Crippen LogP contribution in [0.25, 0.3) is 11.1 Å². The summed E-state index contributed by atoms with van der Waals surface area (Å²) in [5, 5.41) is 0. The fraction of sp³-hybridized carbons (Fsp3) is 0.452. The fourth-order valence-electron chi connectivity index (χ4n) is 8.70. The molecule has 0 unspecified atom stereocenters. The van der Waals surface area contributed by atoms with Crippen LogP contribution in [0.1, 0.15) is 67.1 Å². The number of hydrogen-bond donors (Lipinski definition) is 0. The van der Waals surface area contributed by atoms with Crippen molar-refractivity contribution in [2.45, 2.75) is 56.0 Å². The van der Waals surface area contributed by atoms with E-state index in [9.17, 15) is 0 Å². The maximum atomic E-state index is 2.78. The Kier molecular flexibility index (Phi) is 7.05. The normalized spacial score (nSPS) is 29.7. The third-order valence-electron chi connectivity index (χ3n) is 9.52. The summed E-state index contributed by atoms with van der Waals surface area (Å²) in [5.74, 6) is 5.04. The first kappa shape index (κ1) is 24.9. The number of hydrogen-bond acceptors (Lipinski definition) is 0. The summed E-state index contributed by atoms with van der Waals surface area (Å²) in [7, 11) is 0. The van der Waals surface area contributed by atoms with E-state index in [0.29, 0.717) is 3.63 Å². The van der Waals surface area contributed by atoms with Crippen LogP contribution in [0.3, 0.4) is 0 Å². The molecule has 0 radical (unpaired) electrons. The molecule has 0 aliphatic heterocycles. The minimum absolute atomic E-state index is 0. The van der Waals surface area contributed by atoms with Crippen LogP contribution in [0, 0.1) is 29.6 Å². The molecule has 34 heavy (non-hydrogen) atoms. The second-order valence-electron chi connectivity index (χ2n) is 11.6. The van der Waals surface area contributed by atoms with Crippen LogP contribution in [-0.4, -0.2) is 3.21 Å². The summed E-state index contributed by atoms with van der Waals surface area (Å²) >= 11 is -2.03. The fourth-order valence-corrected chi connectivity index (χ4v) is 17.0. The van der Waals surface area contributed by atoms with E-state index in [1.54, 1.807) is 26.3 Å². The van der Waals surface area contributed by atoms with Crippen molar-refractivity contribution in [2.24, 2.45) is 29.6 Å². The predicted octanol–water partition coefficient (Wildman–Crippen LogP) is 1.88. The van der Waals surface area contributed by atoms with Gasteiger partial charge >= 0.3 is 202 Å². The zero-order chi connectivity index (χ0) is 21.4. The summed E-state index contributed by atoms with van der Waals surface area (Å²) < 4.78 is 4.29. The van der Waals surface area contributed by atoms with Gasteiger partial charge in [-0.3, -0.25) is 0 Å². The minimum atomic E-state index is -2.03. The number of halogens is 2. The van der Waals surface area contributed by atoms with Gasteiger partial charge in [-0.25, -0.2) is 0 Å². The average molecular weight is 569 g/mol. The van der Waals surface area contributed by atoms with Gasteiger partial charge in [-0.1, -0.05) is 0 Å². The molecule has 0 aromatic heterocycles. The summed E-state index contributed by atoms with van der Waals surface area (Å²) in [6.45, 7) is 4.92. The number of allylic oxidation sites excluding steroid dienone is 4. The SMILES string of the molecule is C[C](C)=[Zr+2]([C]1=CC(C2C3CC4CC(C3)CC2C4)=CC1)[CH]1c2ccccc2-c2ccccc21.[Cl-].[Cl-]. The zero-order valence-corrected chi connectivity index (χ0v) is 24.2. The maximum Gasteiger partial charge on any atom is -1.00 e. The Morgan fingerprint density at radius 2 is 1.26 bits per heavy atom. The molecule has 4 saturated carbocycles. The molecule has 0 N–H and O–H groups in total. The molecule has 0 amide bonds. The molecular formula is C31H34Cl2Zr. The van der Waals surface area contributed by atoms with E-state index in [2.05, 4.69) is 74.5 Å². The van der Waals surface area contributed by atoms with Gasteiger partial charge in [0.1, 0.15) is 0 Å². The molecule has 176 valence electrons. The van der Waals surface area contributed by atoms with E-state index in [0.717, 1.165) is 29.6 Å². The van der Waals surface area contributed by atoms with Crippen molar-refractivity contribution in [2.75, 3.05) is 0 Å². The van der Waals surface area contributed by atoms with Crippen molar-refractivity contribution in [1.82, 2.24) is 0 Å². The summed E-state index contributed by atoms with van der Waals surface area (Å²) in [5.41, 5.74) is 8.01. The quantitative estimate of drug-likeness (QED) is 0.531. The summed E-state index contributed by atoms with van der Waals surface area (Å²) in [4.78, 5) is 0. The smallest absolute Gasteiger partial charge is 1.00 e. The largest absolute Gasteiger partial charge is 1.00 e. The Bertz CT molecular complexity index is 1130. The van der Waals surface area contributed by atoms with Gasteiger partial charge in [0.05, 0.1) is 0 Å². The van der Waals surface area contributed by atoms with Gasteiger partial charge in [0, 0.05) is 0 Å². The predicted molar refractivity (Wildman–Crippen MR) is 131 cm³/mol. The van der Waals surface area contributed by atoms with E-state index >= 15 is 0 Å². The van der Waals surface area contributed by atoms with Crippen molar-refractivity contribution < 1.29 is 46.1 Å². The molecule has 4 fully saturated rings. The summed E-state index contributed by atoms with van der Waals surface area (Å²) in [6, 6.07) is 18.6. The van der Waals surface area contributed by atoms with Crippen molar-refractivity contribution in [3.63, 3.8) is 0 Å². The Hall–Kier alpha value is -0.747. The molecule has 2 aromatic carbocycles. The van der Waals surface area contributed by atoms with Crippen molar-refractivity contribution >= 4 is 3.21 Å². The van der Waals surface area contributed by atoms with E-state index in [1.165, 1.54) is 43.2 Å². The van der Waals surface area contributed by atoms with Crippen molar-refractivity contribution in [3.05, 3.63) is 80.7 Å². The monoisotopic (exact) mass is 566 g/mol. The van der Waals surface area contributed by atoms with Crippen LogP contribution in [-0.2, 0) is 21.3 Å². The van der Waals surface area contributed by atoms with Crippen LogP contribution in [0.15, 0.2) is 69.5 Å². The minimum Gasteiger partial charge on any atom is -1.00 e. The van der Waals surface area contributed by atoms with Crippen molar-refractivity contribution in [1.29, 1.82) is 0 Å². The molecule has 0 nitrogen and oxygen atoms in total. The Labute approximate surface area is 225 Å². The Morgan fingerprint density at radius 1 is 0.735 bits per heavy atom. The van der Waals surface area contributed by atoms with Gasteiger partial charge in [0.15, 0.2) is 0 Å². The molecule has 0 spiro atoms. The average Bonchev–Trinajstić information content (AvgIpc) is 3.37. The maximum absolute atomic E-state index is 2.78. The number of benzene rings is 2. The molecule has 2 aromatic rings. The van der Waals surface area contributed by atoms with Crippen LogP contribution in [0.5, 0.6) is 0 Å². The molecule has 3 heteroatoms. The van der Waals surface area contributed by atoms with Gasteiger partial charge in [0.25, 0.3) is 0 Å². The topological polar surface area (TPSA) is 0 Å². The first-order valence-corrected chi connectivity index (χ1v) is 16.8. The van der Waals surface area contributed by atoms with Gasteiger partial charge in [-0.05, 0) is 0 Å². The molecule has 0 saturated heterocycles. The second-order valence-corrected chi connectivity index (χ2v) is 19.0. The van der Waals surface area contributed by atoms with Gasteiger partial charge in [-0.2, -0.15) is 0 Å². The standard InChI is InChI=1S/C15H19.C13H9.C3H6.2ClH.Zr/c1-2-4-12(3-1)15-13-6-10-5-11(8-13)9-14(15)7-10;1-3-7-12-10(5-1)9-11-6-2-4-8-13(11)12;1-3-2;;;/h3-4,10-11,13-15H,1,5-9H2;1-9H;1-2H3;2*1H;/q;;;;;+2/p-2. The first-order valence-electron chi connectivity index (χ1n) is 12.9. The van der Waals surface area contributed by atoms with Crippen LogP contribution in [0.4, 0.5) is 0 Å². The zero-order valence-electron chi connectivity index (χ0n) is 20.2. The summed E-state index contributed by atoms with van der Waals surface area (Å²) in [6.07, 6.45) is 14.4. The van der Waals surface area contributed by atoms with Gasteiger partial charge < -0.3 is 24.8 Å². The van der Waals surface area contributed by atoms with Crippen molar-refractivity contribution in [3.8, 4) is 11.1 Å². The van der Waals surface area contributed by atoms with E-state index in [-0.39, 0.29) is 24.8 Å². The third-order valence-corrected chi connectivity index (χ3v) is 17.7. The third kappa shape index (κ3) is 3.84.